The highest BCUT2D eigenvalue weighted by molar-refractivity contribution is 6.13. The first-order valence-corrected chi connectivity index (χ1v) is 11.1. The molecule has 0 saturated carbocycles. The lowest BCUT2D eigenvalue weighted by Gasteiger charge is -2.20. The summed E-state index contributed by atoms with van der Waals surface area (Å²) < 4.78 is 2.44. The lowest BCUT2D eigenvalue weighted by Crippen LogP contribution is -2.10. The van der Waals surface area contributed by atoms with Gasteiger partial charge in [-0.25, -0.2) is 0 Å². The third-order valence-electron chi connectivity index (χ3n) is 6.37. The summed E-state index contributed by atoms with van der Waals surface area (Å²) in [5.41, 5.74) is 10.4. The van der Waals surface area contributed by atoms with Crippen LogP contribution in [0.15, 0.2) is 84.9 Å². The second kappa shape index (κ2) is 7.13. The molecule has 154 valence electrons. The van der Waals surface area contributed by atoms with Crippen LogP contribution in [0.5, 0.6) is 0 Å². The van der Waals surface area contributed by atoms with Crippen LogP contribution in [0.2, 0.25) is 0 Å². The predicted molar refractivity (Wildman–Crippen MR) is 134 cm³/mol. The molecule has 1 nitrogen and oxygen atoms in total. The van der Waals surface area contributed by atoms with Gasteiger partial charge in [-0.2, -0.15) is 0 Å². The van der Waals surface area contributed by atoms with Crippen LogP contribution in [-0.2, 0) is 5.41 Å². The standard InChI is InChI=1S/C30H29N/c1-20-13-14-21(2)27(19-20)26-11-8-10-25-24-9-6-7-12-28(24)31(29(25)26)23-17-15-22(16-18-23)30(3,4)5/h6-19H,1-5H3. The molecule has 5 rings (SSSR count). The molecule has 0 fully saturated rings. The molecule has 4 aromatic carbocycles. The highest BCUT2D eigenvalue weighted by Crippen LogP contribution is 2.39. The summed E-state index contributed by atoms with van der Waals surface area (Å²) in [6.07, 6.45) is 0. The lowest BCUT2D eigenvalue weighted by atomic mass is 9.87. The third-order valence-corrected chi connectivity index (χ3v) is 6.37. The van der Waals surface area contributed by atoms with Gasteiger partial charge >= 0.3 is 0 Å². The Bertz CT molecular complexity index is 1410. The first-order valence-electron chi connectivity index (χ1n) is 11.1. The number of fused-ring (bicyclic) bond motifs is 3. The van der Waals surface area contributed by atoms with E-state index in [9.17, 15) is 0 Å². The van der Waals surface area contributed by atoms with Crippen molar-refractivity contribution in [2.45, 2.75) is 40.0 Å². The van der Waals surface area contributed by atoms with E-state index in [-0.39, 0.29) is 5.41 Å². The zero-order chi connectivity index (χ0) is 21.8. The Morgan fingerprint density at radius 2 is 1.35 bits per heavy atom. The molecule has 0 saturated heterocycles. The lowest BCUT2D eigenvalue weighted by molar-refractivity contribution is 0.590. The Balaban J connectivity index is 1.88. The van der Waals surface area contributed by atoms with Crippen LogP contribution in [0.4, 0.5) is 0 Å². The number of para-hydroxylation sites is 2. The largest absolute Gasteiger partial charge is 0.309 e. The molecular formula is C30H29N. The topological polar surface area (TPSA) is 4.93 Å². The van der Waals surface area contributed by atoms with Crippen molar-refractivity contribution in [1.29, 1.82) is 0 Å². The molecule has 0 N–H and O–H groups in total. The predicted octanol–water partition coefficient (Wildman–Crippen LogP) is 8.37. The van der Waals surface area contributed by atoms with Gasteiger partial charge in [0.2, 0.25) is 0 Å². The van der Waals surface area contributed by atoms with E-state index < -0.39 is 0 Å². The summed E-state index contributed by atoms with van der Waals surface area (Å²) in [7, 11) is 0. The van der Waals surface area contributed by atoms with E-state index in [1.807, 2.05) is 0 Å². The fourth-order valence-electron chi connectivity index (χ4n) is 4.64. The number of nitrogens with zero attached hydrogens (tertiary/aromatic N) is 1. The van der Waals surface area contributed by atoms with Gasteiger partial charge in [-0.1, -0.05) is 93.1 Å². The van der Waals surface area contributed by atoms with Gasteiger partial charge in [0.05, 0.1) is 11.0 Å². The summed E-state index contributed by atoms with van der Waals surface area (Å²) in [5, 5.41) is 2.60. The molecule has 0 atom stereocenters. The Kier molecular flexibility index (Phi) is 4.51. The van der Waals surface area contributed by atoms with Gasteiger partial charge in [0, 0.05) is 22.0 Å². The molecule has 31 heavy (non-hydrogen) atoms. The van der Waals surface area contributed by atoms with Crippen LogP contribution in [0, 0.1) is 13.8 Å². The summed E-state index contributed by atoms with van der Waals surface area (Å²) in [6, 6.07) is 31.3. The quantitative estimate of drug-likeness (QED) is 0.279. The molecule has 0 radical (unpaired) electrons. The number of hydrogen-bond donors (Lipinski definition) is 0. The highest BCUT2D eigenvalue weighted by Gasteiger charge is 2.18. The van der Waals surface area contributed by atoms with E-state index in [0.29, 0.717) is 0 Å². The minimum atomic E-state index is 0.142. The summed E-state index contributed by atoms with van der Waals surface area (Å²) in [5.74, 6) is 0. The van der Waals surface area contributed by atoms with Gasteiger partial charge < -0.3 is 4.57 Å². The van der Waals surface area contributed by atoms with Crippen molar-refractivity contribution in [2.24, 2.45) is 0 Å². The van der Waals surface area contributed by atoms with E-state index >= 15 is 0 Å². The van der Waals surface area contributed by atoms with Crippen LogP contribution in [0.1, 0.15) is 37.5 Å². The molecule has 0 spiro atoms. The van der Waals surface area contributed by atoms with E-state index in [0.717, 1.165) is 0 Å². The van der Waals surface area contributed by atoms with Gasteiger partial charge in [-0.15, -0.1) is 0 Å². The number of aryl methyl sites for hydroxylation is 2. The maximum Gasteiger partial charge on any atom is 0.0619 e. The van der Waals surface area contributed by atoms with Crippen LogP contribution >= 0.6 is 0 Å². The second-order valence-corrected chi connectivity index (χ2v) is 9.67. The van der Waals surface area contributed by atoms with E-state index in [1.54, 1.807) is 0 Å². The molecule has 1 aromatic heterocycles. The molecule has 0 unspecified atom stereocenters. The maximum absolute atomic E-state index is 2.44. The Labute approximate surface area is 185 Å². The Morgan fingerprint density at radius 1 is 0.645 bits per heavy atom. The minimum Gasteiger partial charge on any atom is -0.309 e. The first-order chi connectivity index (χ1) is 14.8. The van der Waals surface area contributed by atoms with Crippen molar-refractivity contribution in [2.75, 3.05) is 0 Å². The number of benzene rings is 4. The maximum atomic E-state index is 2.44. The average molecular weight is 404 g/mol. The minimum absolute atomic E-state index is 0.142. The summed E-state index contributed by atoms with van der Waals surface area (Å²) in [6.45, 7) is 11.2. The van der Waals surface area contributed by atoms with Crippen LogP contribution < -0.4 is 0 Å². The summed E-state index contributed by atoms with van der Waals surface area (Å²) in [4.78, 5) is 0. The van der Waals surface area contributed by atoms with Crippen LogP contribution in [-0.4, -0.2) is 4.57 Å². The zero-order valence-electron chi connectivity index (χ0n) is 19.0. The monoisotopic (exact) mass is 403 g/mol. The molecular weight excluding hydrogens is 374 g/mol. The summed E-state index contributed by atoms with van der Waals surface area (Å²) >= 11 is 0. The van der Waals surface area contributed by atoms with Gasteiger partial charge in [0.1, 0.15) is 0 Å². The molecule has 1 heterocycles. The molecule has 0 amide bonds. The van der Waals surface area contributed by atoms with E-state index in [4.69, 9.17) is 0 Å². The van der Waals surface area contributed by atoms with Crippen LogP contribution in [0.3, 0.4) is 0 Å². The molecule has 1 heteroatoms. The number of aromatic nitrogens is 1. The number of hydrogen-bond acceptors (Lipinski definition) is 0. The average Bonchev–Trinajstić information content (AvgIpc) is 3.10. The van der Waals surface area contributed by atoms with Crippen molar-refractivity contribution in [3.05, 3.63) is 102 Å². The fourth-order valence-corrected chi connectivity index (χ4v) is 4.64. The second-order valence-electron chi connectivity index (χ2n) is 9.67. The van der Waals surface area contributed by atoms with Gasteiger partial charge in [-0.3, -0.25) is 0 Å². The molecule has 0 bridgehead atoms. The van der Waals surface area contributed by atoms with E-state index in [1.165, 1.54) is 55.3 Å². The third kappa shape index (κ3) is 3.25. The smallest absolute Gasteiger partial charge is 0.0619 e. The molecule has 0 aliphatic carbocycles. The SMILES string of the molecule is Cc1ccc(C)c(-c2cccc3c4ccccc4n(-c4ccc(C(C)(C)C)cc4)c23)c1. The van der Waals surface area contributed by atoms with Crippen molar-refractivity contribution in [3.8, 4) is 16.8 Å². The van der Waals surface area contributed by atoms with Gasteiger partial charge in [0.25, 0.3) is 0 Å². The first kappa shape index (κ1) is 19.6. The van der Waals surface area contributed by atoms with Crippen molar-refractivity contribution >= 4 is 21.8 Å². The van der Waals surface area contributed by atoms with Crippen LogP contribution in [0.25, 0.3) is 38.6 Å². The van der Waals surface area contributed by atoms with Gasteiger partial charge in [0.15, 0.2) is 0 Å². The van der Waals surface area contributed by atoms with E-state index in [2.05, 4.69) is 124 Å². The van der Waals surface area contributed by atoms with Crippen molar-refractivity contribution in [3.63, 3.8) is 0 Å². The normalized spacial score (nSPS) is 12.0. The Hall–Kier alpha value is -3.32. The molecule has 0 aliphatic rings. The fraction of sp³-hybridized carbons (Fsp3) is 0.200. The molecule has 0 aliphatic heterocycles. The number of rotatable bonds is 2. The van der Waals surface area contributed by atoms with Gasteiger partial charge in [-0.05, 0) is 54.2 Å². The Morgan fingerprint density at radius 3 is 2.10 bits per heavy atom. The van der Waals surface area contributed by atoms with Crippen molar-refractivity contribution < 1.29 is 0 Å². The molecule has 5 aromatic rings. The van der Waals surface area contributed by atoms with Crippen molar-refractivity contribution in [1.82, 2.24) is 4.57 Å². The highest BCUT2D eigenvalue weighted by atomic mass is 15.0. The zero-order valence-corrected chi connectivity index (χ0v) is 19.0.